The zero-order valence-corrected chi connectivity index (χ0v) is 18.7. The van der Waals surface area contributed by atoms with Crippen LogP contribution in [-0.2, 0) is 16.6 Å². The fourth-order valence-corrected chi connectivity index (χ4v) is 5.57. The first kappa shape index (κ1) is 23.3. The summed E-state index contributed by atoms with van der Waals surface area (Å²) in [4.78, 5) is 12.6. The van der Waals surface area contributed by atoms with Gasteiger partial charge >= 0.3 is 0 Å². The van der Waals surface area contributed by atoms with Gasteiger partial charge in [0, 0.05) is 44.4 Å². The van der Waals surface area contributed by atoms with Gasteiger partial charge in [-0.2, -0.15) is 4.31 Å². The Morgan fingerprint density at radius 2 is 1.77 bits per heavy atom. The van der Waals surface area contributed by atoms with Gasteiger partial charge < -0.3 is 5.73 Å². The summed E-state index contributed by atoms with van der Waals surface area (Å²) in [5.74, 6) is 0.326. The highest BCUT2D eigenvalue weighted by molar-refractivity contribution is 7.89. The first-order valence-electron chi connectivity index (χ1n) is 10.5. The number of non-ortho nitro benzene ring substituents is 1. The normalized spacial score (nSPS) is 19.9. The zero-order chi connectivity index (χ0) is 22.6. The second-order valence-electron chi connectivity index (χ2n) is 8.46. The van der Waals surface area contributed by atoms with Gasteiger partial charge in [-0.25, -0.2) is 8.42 Å². The van der Waals surface area contributed by atoms with Crippen LogP contribution in [0.1, 0.15) is 25.8 Å². The number of hydrogen-bond acceptors (Lipinski definition) is 6. The Hall–Kier alpha value is -2.33. The molecule has 0 bridgehead atoms. The quantitative estimate of drug-likeness (QED) is 0.468. The molecule has 0 aliphatic carbocycles. The lowest BCUT2D eigenvalue weighted by atomic mass is 10.1. The van der Waals surface area contributed by atoms with Gasteiger partial charge in [0.2, 0.25) is 10.0 Å². The Bertz CT molecular complexity index is 980. The van der Waals surface area contributed by atoms with Crippen LogP contribution in [0.25, 0.3) is 0 Å². The molecule has 0 spiro atoms. The van der Waals surface area contributed by atoms with Crippen molar-refractivity contribution in [1.29, 1.82) is 0 Å². The molecule has 0 radical (unpaired) electrons. The SMILES string of the molecule is CC(C)CCN([C@@H]1CN(Cc2ccccc2)C[C@H]1N)S(=O)(=O)c1ccc([N+](=O)[O-])cc1. The first-order valence-corrected chi connectivity index (χ1v) is 11.9. The Morgan fingerprint density at radius 1 is 1.13 bits per heavy atom. The van der Waals surface area contributed by atoms with Crippen LogP contribution >= 0.6 is 0 Å². The molecule has 1 aliphatic rings. The first-order chi connectivity index (χ1) is 14.7. The summed E-state index contributed by atoms with van der Waals surface area (Å²) in [5.41, 5.74) is 7.45. The smallest absolute Gasteiger partial charge is 0.269 e. The third kappa shape index (κ3) is 5.68. The Morgan fingerprint density at radius 3 is 2.35 bits per heavy atom. The van der Waals surface area contributed by atoms with E-state index in [9.17, 15) is 18.5 Å². The molecule has 1 fully saturated rings. The van der Waals surface area contributed by atoms with Crippen molar-refractivity contribution in [1.82, 2.24) is 9.21 Å². The van der Waals surface area contributed by atoms with E-state index < -0.39 is 14.9 Å². The van der Waals surface area contributed by atoms with Crippen LogP contribution in [0, 0.1) is 16.0 Å². The van der Waals surface area contributed by atoms with E-state index in [-0.39, 0.29) is 22.7 Å². The fourth-order valence-electron chi connectivity index (χ4n) is 3.89. The van der Waals surface area contributed by atoms with Gasteiger partial charge in [0.1, 0.15) is 0 Å². The van der Waals surface area contributed by atoms with Crippen molar-refractivity contribution in [3.05, 3.63) is 70.3 Å². The van der Waals surface area contributed by atoms with E-state index in [1.165, 1.54) is 28.6 Å². The number of hydrogen-bond donors (Lipinski definition) is 1. The minimum Gasteiger partial charge on any atom is -0.325 e. The van der Waals surface area contributed by atoms with Gasteiger partial charge in [0.05, 0.1) is 15.9 Å². The number of nitrogens with zero attached hydrogens (tertiary/aromatic N) is 3. The Labute approximate surface area is 183 Å². The fraction of sp³-hybridized carbons (Fsp3) is 0.455. The van der Waals surface area contributed by atoms with Crippen LogP contribution in [0.15, 0.2) is 59.5 Å². The summed E-state index contributed by atoms with van der Waals surface area (Å²) < 4.78 is 28.5. The summed E-state index contributed by atoms with van der Waals surface area (Å²) in [6.07, 6.45) is 0.702. The van der Waals surface area contributed by atoms with Crippen LogP contribution in [0.2, 0.25) is 0 Å². The molecule has 31 heavy (non-hydrogen) atoms. The number of nitrogens with two attached hydrogens (primary N) is 1. The number of likely N-dealkylation sites (tertiary alicyclic amines) is 1. The van der Waals surface area contributed by atoms with Gasteiger partial charge in [0.25, 0.3) is 5.69 Å². The Balaban J connectivity index is 1.84. The molecule has 168 valence electrons. The van der Waals surface area contributed by atoms with E-state index in [1.54, 1.807) is 0 Å². The number of rotatable bonds is 9. The molecule has 1 aliphatic heterocycles. The van der Waals surface area contributed by atoms with Gasteiger partial charge in [-0.15, -0.1) is 0 Å². The lowest BCUT2D eigenvalue weighted by Gasteiger charge is -2.31. The maximum absolute atomic E-state index is 13.5. The van der Waals surface area contributed by atoms with Gasteiger partial charge in [-0.05, 0) is 30.0 Å². The van der Waals surface area contributed by atoms with Crippen molar-refractivity contribution in [3.63, 3.8) is 0 Å². The lowest BCUT2D eigenvalue weighted by Crippen LogP contribution is -2.50. The highest BCUT2D eigenvalue weighted by atomic mass is 32.2. The van der Waals surface area contributed by atoms with E-state index in [0.717, 1.165) is 5.56 Å². The topological polar surface area (TPSA) is 110 Å². The predicted molar refractivity (Wildman–Crippen MR) is 120 cm³/mol. The van der Waals surface area contributed by atoms with Gasteiger partial charge in [0.15, 0.2) is 0 Å². The highest BCUT2D eigenvalue weighted by Crippen LogP contribution is 2.26. The van der Waals surface area contributed by atoms with Crippen molar-refractivity contribution in [3.8, 4) is 0 Å². The molecule has 1 saturated heterocycles. The third-order valence-corrected chi connectivity index (χ3v) is 7.55. The molecule has 3 rings (SSSR count). The van der Waals surface area contributed by atoms with Crippen molar-refractivity contribution < 1.29 is 13.3 Å². The van der Waals surface area contributed by atoms with E-state index >= 15 is 0 Å². The molecule has 2 aromatic carbocycles. The predicted octanol–water partition coefficient (Wildman–Crippen LogP) is 2.84. The van der Waals surface area contributed by atoms with Crippen molar-refractivity contribution in [2.24, 2.45) is 11.7 Å². The van der Waals surface area contributed by atoms with Crippen molar-refractivity contribution in [2.75, 3.05) is 19.6 Å². The summed E-state index contributed by atoms with van der Waals surface area (Å²) in [6.45, 7) is 6.31. The molecular weight excluding hydrogens is 416 g/mol. The van der Waals surface area contributed by atoms with Crippen LogP contribution < -0.4 is 5.73 Å². The van der Waals surface area contributed by atoms with Gasteiger partial charge in [-0.3, -0.25) is 15.0 Å². The zero-order valence-electron chi connectivity index (χ0n) is 17.9. The summed E-state index contributed by atoms with van der Waals surface area (Å²) in [6, 6.07) is 14.4. The van der Waals surface area contributed by atoms with Crippen LogP contribution in [0.3, 0.4) is 0 Å². The summed E-state index contributed by atoms with van der Waals surface area (Å²) in [7, 11) is -3.85. The summed E-state index contributed by atoms with van der Waals surface area (Å²) >= 11 is 0. The second kappa shape index (κ2) is 9.86. The molecule has 2 aromatic rings. The van der Waals surface area contributed by atoms with Gasteiger partial charge in [-0.1, -0.05) is 44.2 Å². The largest absolute Gasteiger partial charge is 0.325 e. The average molecular weight is 447 g/mol. The maximum Gasteiger partial charge on any atom is 0.269 e. The van der Waals surface area contributed by atoms with Crippen molar-refractivity contribution >= 4 is 15.7 Å². The number of nitro benzene ring substituents is 1. The second-order valence-corrected chi connectivity index (χ2v) is 10.4. The lowest BCUT2D eigenvalue weighted by molar-refractivity contribution is -0.384. The molecule has 1 heterocycles. The molecule has 9 heteroatoms. The van der Waals surface area contributed by atoms with Crippen LogP contribution in [0.5, 0.6) is 0 Å². The Kier molecular flexibility index (Phi) is 7.42. The standard InChI is InChI=1S/C22H30N4O4S/c1-17(2)12-13-25(31(29,30)20-10-8-19(9-11-20)26(27)28)22-16-24(15-21(22)23)14-18-6-4-3-5-7-18/h3-11,17,21-22H,12-16,23H2,1-2H3/t21-,22-/m1/s1. The van der Waals surface area contributed by atoms with E-state index in [4.69, 9.17) is 5.73 Å². The third-order valence-electron chi connectivity index (χ3n) is 5.61. The molecular formula is C22H30N4O4S. The number of sulfonamides is 1. The maximum atomic E-state index is 13.5. The molecule has 0 saturated carbocycles. The summed E-state index contributed by atoms with van der Waals surface area (Å²) in [5, 5.41) is 10.9. The van der Waals surface area contributed by atoms with E-state index in [2.05, 4.69) is 4.90 Å². The van der Waals surface area contributed by atoms with E-state index in [0.29, 0.717) is 38.5 Å². The monoisotopic (exact) mass is 446 g/mol. The molecule has 0 aromatic heterocycles. The number of nitro groups is 1. The number of benzene rings is 2. The highest BCUT2D eigenvalue weighted by Gasteiger charge is 2.40. The minimum absolute atomic E-state index is 0.0514. The molecule has 0 unspecified atom stereocenters. The van der Waals surface area contributed by atoms with Crippen LogP contribution in [-0.4, -0.2) is 54.3 Å². The average Bonchev–Trinajstić information content (AvgIpc) is 3.08. The molecule has 8 nitrogen and oxygen atoms in total. The molecule has 2 N–H and O–H groups in total. The van der Waals surface area contributed by atoms with Crippen LogP contribution in [0.4, 0.5) is 5.69 Å². The van der Waals surface area contributed by atoms with E-state index in [1.807, 2.05) is 44.2 Å². The molecule has 0 amide bonds. The van der Waals surface area contributed by atoms with Crippen molar-refractivity contribution in [2.45, 2.75) is 43.8 Å². The molecule has 2 atom stereocenters. The minimum atomic E-state index is -3.85.